The second kappa shape index (κ2) is 13.4. The zero-order chi connectivity index (χ0) is 22.1. The van der Waals surface area contributed by atoms with Crippen LogP contribution in [0.4, 0.5) is 5.82 Å². The lowest BCUT2D eigenvalue weighted by molar-refractivity contribution is -0.122. The normalized spacial score (nSPS) is 16.2. The summed E-state index contributed by atoms with van der Waals surface area (Å²) in [5.74, 6) is 1.25. The number of hydrogen-bond acceptors (Lipinski definition) is 5. The lowest BCUT2D eigenvalue weighted by atomic mass is 9.97. The third kappa shape index (κ3) is 7.77. The van der Waals surface area contributed by atoms with Gasteiger partial charge in [-0.25, -0.2) is 15.0 Å². The van der Waals surface area contributed by atoms with E-state index in [-0.39, 0.29) is 35.8 Å². The van der Waals surface area contributed by atoms with Crippen molar-refractivity contribution < 1.29 is 4.79 Å². The van der Waals surface area contributed by atoms with E-state index >= 15 is 0 Å². The molecule has 1 saturated heterocycles. The van der Waals surface area contributed by atoms with Gasteiger partial charge in [0.1, 0.15) is 11.0 Å². The van der Waals surface area contributed by atoms with Crippen molar-refractivity contribution in [3.8, 4) is 0 Å². The van der Waals surface area contributed by atoms with Gasteiger partial charge in [-0.05, 0) is 43.9 Å². The third-order valence-electron chi connectivity index (χ3n) is 5.24. The fourth-order valence-electron chi connectivity index (χ4n) is 3.63. The minimum absolute atomic E-state index is 0. The Morgan fingerprint density at radius 1 is 1.31 bits per heavy atom. The number of halogens is 2. The van der Waals surface area contributed by atoms with E-state index in [4.69, 9.17) is 22.3 Å². The number of carbonyl (C=O) groups excluding carboxylic acids is 1. The van der Waals surface area contributed by atoms with E-state index in [2.05, 4.69) is 25.5 Å². The number of piperidine rings is 1. The van der Waals surface area contributed by atoms with Crippen LogP contribution < -0.4 is 21.3 Å². The van der Waals surface area contributed by atoms with Crippen LogP contribution in [0.15, 0.2) is 41.7 Å². The first kappa shape index (κ1) is 26.1. The quantitative estimate of drug-likeness (QED) is 0.195. The van der Waals surface area contributed by atoms with Crippen LogP contribution in [0.25, 0.3) is 0 Å². The van der Waals surface area contributed by atoms with E-state index < -0.39 is 0 Å². The molecule has 0 bridgehead atoms. The van der Waals surface area contributed by atoms with Crippen LogP contribution >= 0.6 is 35.6 Å². The monoisotopic (exact) mass is 571 g/mol. The third-order valence-corrected chi connectivity index (χ3v) is 5.46. The Kier molecular flexibility index (Phi) is 10.9. The number of pyridine rings is 2. The lowest BCUT2D eigenvalue weighted by Crippen LogP contribution is -2.42. The summed E-state index contributed by atoms with van der Waals surface area (Å²) in [4.78, 5) is 27.2. The topological polar surface area (TPSA) is 109 Å². The Bertz CT molecular complexity index is 894. The summed E-state index contributed by atoms with van der Waals surface area (Å²) in [5.41, 5.74) is 7.67. The average Bonchev–Trinajstić information content (AvgIpc) is 2.79. The molecule has 0 aromatic carbocycles. The number of nitrogens with one attached hydrogen (secondary N) is 2. The number of aromatic nitrogens is 2. The highest BCUT2D eigenvalue weighted by molar-refractivity contribution is 14.0. The molecular formula is C22H31ClIN7O. The smallest absolute Gasteiger partial charge is 0.222 e. The van der Waals surface area contributed by atoms with Crippen molar-refractivity contribution >= 4 is 53.3 Å². The molecule has 32 heavy (non-hydrogen) atoms. The molecule has 1 fully saturated rings. The number of nitrogens with two attached hydrogens (primary N) is 1. The summed E-state index contributed by atoms with van der Waals surface area (Å²) in [6.07, 6.45) is 6.14. The van der Waals surface area contributed by atoms with Gasteiger partial charge in [0, 0.05) is 44.1 Å². The first-order chi connectivity index (χ1) is 15.1. The van der Waals surface area contributed by atoms with Crippen LogP contribution in [0.5, 0.6) is 0 Å². The van der Waals surface area contributed by atoms with E-state index in [0.717, 1.165) is 61.8 Å². The van der Waals surface area contributed by atoms with Crippen molar-refractivity contribution in [2.45, 2.75) is 32.7 Å². The van der Waals surface area contributed by atoms with Gasteiger partial charge >= 0.3 is 0 Å². The Morgan fingerprint density at radius 2 is 2.16 bits per heavy atom. The number of rotatable bonds is 8. The van der Waals surface area contributed by atoms with Crippen molar-refractivity contribution in [2.24, 2.45) is 16.6 Å². The maximum absolute atomic E-state index is 11.6. The maximum atomic E-state index is 11.6. The van der Waals surface area contributed by atoms with Gasteiger partial charge in [-0.15, -0.1) is 24.0 Å². The predicted octanol–water partition coefficient (Wildman–Crippen LogP) is 2.75. The summed E-state index contributed by atoms with van der Waals surface area (Å²) in [6, 6.07) is 7.71. The van der Waals surface area contributed by atoms with Crippen molar-refractivity contribution in [2.75, 3.05) is 31.1 Å². The SMILES string of the molecule is CCNC(=NCc1cccnc1N1CCCC(C(N)=O)C1)NCCc1ccc(Cl)nc1.I. The van der Waals surface area contributed by atoms with Gasteiger partial charge in [-0.3, -0.25) is 4.79 Å². The molecule has 0 aliphatic carbocycles. The van der Waals surface area contributed by atoms with E-state index in [1.54, 1.807) is 18.5 Å². The lowest BCUT2D eigenvalue weighted by Gasteiger charge is -2.33. The highest BCUT2D eigenvalue weighted by atomic mass is 127. The van der Waals surface area contributed by atoms with E-state index in [1.807, 2.05) is 25.1 Å². The highest BCUT2D eigenvalue weighted by Gasteiger charge is 2.25. The largest absolute Gasteiger partial charge is 0.369 e. The predicted molar refractivity (Wildman–Crippen MR) is 140 cm³/mol. The van der Waals surface area contributed by atoms with Crippen LogP contribution in [-0.2, 0) is 17.8 Å². The summed E-state index contributed by atoms with van der Waals surface area (Å²) in [5, 5.41) is 7.13. The van der Waals surface area contributed by atoms with Gasteiger partial charge in [-0.1, -0.05) is 23.7 Å². The molecule has 8 nitrogen and oxygen atoms in total. The standard InChI is InChI=1S/C22H30ClN7O.HI/c1-2-25-22(27-11-9-16-7-8-19(23)28-13-16)29-14-17-5-3-10-26-21(17)30-12-4-6-18(15-30)20(24)31;/h3,5,7-8,10,13,18H,2,4,6,9,11-12,14-15H2,1H3,(H2,24,31)(H2,25,27,29);1H. The molecule has 4 N–H and O–H groups in total. The van der Waals surface area contributed by atoms with Crippen molar-refractivity contribution in [1.29, 1.82) is 0 Å². The molecule has 0 spiro atoms. The molecule has 1 amide bonds. The number of nitrogens with zero attached hydrogens (tertiary/aromatic N) is 4. The number of aliphatic imine (C=N–C) groups is 1. The first-order valence-corrected chi connectivity index (χ1v) is 11.1. The average molecular weight is 572 g/mol. The molecule has 3 heterocycles. The molecule has 10 heteroatoms. The molecule has 2 aromatic rings. The summed E-state index contributed by atoms with van der Waals surface area (Å²) >= 11 is 5.84. The van der Waals surface area contributed by atoms with Crippen molar-refractivity contribution in [1.82, 2.24) is 20.6 Å². The van der Waals surface area contributed by atoms with Crippen molar-refractivity contribution in [3.05, 3.63) is 52.9 Å². The Hall–Kier alpha value is -2.14. The Balaban J connectivity index is 0.00000363. The number of primary amides is 1. The molecule has 1 unspecified atom stereocenters. The minimum atomic E-state index is -0.241. The second-order valence-corrected chi connectivity index (χ2v) is 7.92. The van der Waals surface area contributed by atoms with Gasteiger partial charge in [0.2, 0.25) is 5.91 Å². The molecule has 1 aliphatic heterocycles. The molecule has 0 radical (unpaired) electrons. The molecule has 1 aliphatic rings. The zero-order valence-corrected chi connectivity index (χ0v) is 21.3. The summed E-state index contributed by atoms with van der Waals surface area (Å²) in [6.45, 7) is 5.48. The minimum Gasteiger partial charge on any atom is -0.369 e. The van der Waals surface area contributed by atoms with Crippen LogP contribution in [0, 0.1) is 5.92 Å². The molecule has 0 saturated carbocycles. The summed E-state index contributed by atoms with van der Waals surface area (Å²) < 4.78 is 0. The number of anilines is 1. The van der Waals surface area contributed by atoms with Gasteiger partial charge in [0.15, 0.2) is 5.96 Å². The molecule has 3 rings (SSSR count). The van der Waals surface area contributed by atoms with Crippen LogP contribution in [-0.4, -0.2) is 48.0 Å². The van der Waals surface area contributed by atoms with Crippen molar-refractivity contribution in [3.63, 3.8) is 0 Å². The molecular weight excluding hydrogens is 541 g/mol. The fraction of sp³-hybridized carbons (Fsp3) is 0.455. The number of hydrogen-bond donors (Lipinski definition) is 3. The van der Waals surface area contributed by atoms with Crippen LogP contribution in [0.3, 0.4) is 0 Å². The zero-order valence-electron chi connectivity index (χ0n) is 18.3. The van der Waals surface area contributed by atoms with E-state index in [0.29, 0.717) is 18.2 Å². The van der Waals surface area contributed by atoms with E-state index in [1.165, 1.54) is 0 Å². The molecule has 2 aromatic heterocycles. The van der Waals surface area contributed by atoms with Gasteiger partial charge in [0.05, 0.1) is 12.5 Å². The van der Waals surface area contributed by atoms with Gasteiger partial charge in [-0.2, -0.15) is 0 Å². The molecule has 174 valence electrons. The first-order valence-electron chi connectivity index (χ1n) is 10.7. The Morgan fingerprint density at radius 3 is 2.88 bits per heavy atom. The number of amides is 1. The van der Waals surface area contributed by atoms with Crippen LogP contribution in [0.1, 0.15) is 30.9 Å². The maximum Gasteiger partial charge on any atom is 0.222 e. The van der Waals surface area contributed by atoms with E-state index in [9.17, 15) is 4.79 Å². The fourth-order valence-corrected chi connectivity index (χ4v) is 3.74. The number of carbonyl (C=O) groups is 1. The number of guanidine groups is 1. The van der Waals surface area contributed by atoms with Crippen LogP contribution in [0.2, 0.25) is 5.15 Å². The molecule has 1 atom stereocenters. The highest BCUT2D eigenvalue weighted by Crippen LogP contribution is 2.24. The Labute approximate surface area is 211 Å². The second-order valence-electron chi connectivity index (χ2n) is 7.53. The summed E-state index contributed by atoms with van der Waals surface area (Å²) in [7, 11) is 0. The van der Waals surface area contributed by atoms with Gasteiger partial charge < -0.3 is 21.3 Å². The van der Waals surface area contributed by atoms with Gasteiger partial charge in [0.25, 0.3) is 0 Å².